The van der Waals surface area contributed by atoms with Gasteiger partial charge in [0.15, 0.2) is 0 Å². The largest absolute Gasteiger partial charge is 0.448 e. The minimum Gasteiger partial charge on any atom is -0.448 e. The van der Waals surface area contributed by atoms with Gasteiger partial charge in [0.25, 0.3) is 23.6 Å². The molecule has 18 rings (SSSR count). The molecule has 10 aliphatic heterocycles. The molecule has 14 heterocycles. The standard InChI is InChI=1S/C23H25ClN4O2.C22H23ClN4O3.C22H25FN4O2.C20H28N4O2/c1-23(17-4-2-5-18(24)11-17)12-15-10-16(13-25-21(15)26-23)22(30)27-9-7-19(14-27)28-8-3-6-20(28)29;1-22(16-3-2-4-17(23)10-16)11-14-9-15(12-24-19(14)25-22)20(28)26-6-5-18(13-26)27-7-8-30-21(27)29;1-14(28)26(3)19-7-8-27(13-19)21(29)16-9-15-11-22(2,25-20(15)24-12-16)17-5-4-6-18(23)10-17;1-20(2)8-6-14-10-15(11-21-17(14)22-20)19(26)24-9-7-16(12-24)23(3)18(25)13-4-5-13/h2,4-5,10-11,13,19H,3,6-9,12,14H2,1H3,(H,25,26);2-4,9-10,12,18H,5-8,11,13H2,1H3,(H,24,25);4-6,9-10,12,19H,7-8,11,13H2,1-3H3,(H,24,25);10-11,13,16H,4-9,12H2,1-3H3,(H,21,22)/t19-,23+;18-,22+;19-,22+;16-/m0000/s1. The highest BCUT2D eigenvalue weighted by Gasteiger charge is 2.44. The molecule has 6 saturated heterocycles. The maximum atomic E-state index is 13.7. The molecule has 0 radical (unpaired) electrons. The summed E-state index contributed by atoms with van der Waals surface area (Å²) in [5.41, 5.74) is 8.47. The molecule has 8 amide bonds. The normalized spacial score (nSPS) is 24.4. The molecule has 4 aromatic heterocycles. The number of carbonyl (C=O) groups is 8. The summed E-state index contributed by atoms with van der Waals surface area (Å²) in [7, 11) is 3.66. The number of cyclic esters (lactones) is 1. The molecule has 1 aliphatic carbocycles. The molecule has 0 unspecified atom stereocenters. The molecule has 3 aromatic carbocycles. The topological polar surface area (TPSA) is 271 Å². The Kier molecular flexibility index (Phi) is 22.4. The first kappa shape index (κ1) is 79.7. The van der Waals surface area contributed by atoms with E-state index in [0.29, 0.717) is 111 Å². The Balaban J connectivity index is 0.000000121. The van der Waals surface area contributed by atoms with E-state index in [4.69, 9.17) is 27.9 Å². The van der Waals surface area contributed by atoms with Crippen LogP contribution in [-0.4, -0.2) is 222 Å². The van der Waals surface area contributed by atoms with Crippen molar-refractivity contribution in [3.05, 3.63) is 199 Å². The number of carbonyl (C=O) groups excluding carboxylic acids is 8. The average molecular weight is 1600 g/mol. The molecule has 0 bridgehead atoms. The number of anilines is 4. The van der Waals surface area contributed by atoms with Crippen LogP contribution in [0.4, 0.5) is 32.5 Å². The smallest absolute Gasteiger partial charge is 0.410 e. The van der Waals surface area contributed by atoms with Crippen LogP contribution in [0.5, 0.6) is 0 Å². The molecule has 11 aliphatic rings. The van der Waals surface area contributed by atoms with Crippen LogP contribution in [0, 0.1) is 11.7 Å². The van der Waals surface area contributed by atoms with Gasteiger partial charge >= 0.3 is 6.09 Å². The second kappa shape index (κ2) is 32.3. The summed E-state index contributed by atoms with van der Waals surface area (Å²) in [6.07, 6.45) is 17.2. The van der Waals surface area contributed by atoms with E-state index in [1.165, 1.54) is 19.1 Å². The summed E-state index contributed by atoms with van der Waals surface area (Å²) in [6, 6.07) is 30.3. The molecule has 7 aromatic rings. The first-order valence-electron chi connectivity index (χ1n) is 40.2. The Labute approximate surface area is 680 Å². The zero-order chi connectivity index (χ0) is 81.0. The monoisotopic (exact) mass is 1600 g/mol. The number of likely N-dealkylation sites (tertiary alicyclic amines) is 5. The van der Waals surface area contributed by atoms with Crippen molar-refractivity contribution in [3.63, 3.8) is 0 Å². The van der Waals surface area contributed by atoms with E-state index in [1.807, 2.05) is 106 Å². The fourth-order valence-electron chi connectivity index (χ4n) is 17.9. The lowest BCUT2D eigenvalue weighted by Crippen LogP contribution is -2.40. The first-order valence-corrected chi connectivity index (χ1v) is 41.0. The number of amides is 8. The molecule has 1 saturated carbocycles. The molecular formula is C87H101Cl2FN16O9. The highest BCUT2D eigenvalue weighted by molar-refractivity contribution is 6.31. The summed E-state index contributed by atoms with van der Waals surface area (Å²) in [5.74, 6) is 3.57. The van der Waals surface area contributed by atoms with Gasteiger partial charge in [-0.2, -0.15) is 0 Å². The van der Waals surface area contributed by atoms with Gasteiger partial charge in [0, 0.05) is 152 Å². The van der Waals surface area contributed by atoms with Gasteiger partial charge in [0.05, 0.1) is 69.6 Å². The Morgan fingerprint density at radius 3 is 1.32 bits per heavy atom. The number of pyridine rings is 4. The SMILES string of the molecule is CC(=O)N(C)[C@H]1CCN(C(=O)c2cnc3c(c2)C[C@](C)(c2cccc(F)c2)N3)C1.CN(C(=O)C1CC1)[C@H]1CCN(C(=O)c2cnc3c(c2)CCC(C)(C)N3)C1.C[C@]1(c2cccc(Cl)c2)Cc2cc(C(=O)N3CC[C@H](N4CCCC4=O)C3)cnc2N1.C[C@]1(c2cccc(Cl)c2)Cc2cc(C(=O)N3CC[C@H](N4CCOC4=O)C3)cnc2N1. The molecule has 604 valence electrons. The Hall–Kier alpha value is -10.5. The van der Waals surface area contributed by atoms with Gasteiger partial charge in [-0.1, -0.05) is 59.6 Å². The maximum Gasteiger partial charge on any atom is 0.410 e. The zero-order valence-corrected chi connectivity index (χ0v) is 68.1. The molecule has 28 heteroatoms. The van der Waals surface area contributed by atoms with Gasteiger partial charge in [-0.3, -0.25) is 38.5 Å². The summed E-state index contributed by atoms with van der Waals surface area (Å²) in [6.45, 7) is 18.9. The van der Waals surface area contributed by atoms with Crippen molar-refractivity contribution in [1.82, 2.24) is 59.1 Å². The number of halogens is 3. The van der Waals surface area contributed by atoms with E-state index in [0.717, 1.165) is 139 Å². The number of likely N-dealkylation sites (N-methyl/N-ethyl adjacent to an activating group) is 2. The Bertz CT molecular complexity index is 4830. The maximum absolute atomic E-state index is 13.7. The summed E-state index contributed by atoms with van der Waals surface area (Å²) < 4.78 is 18.7. The number of aromatic nitrogens is 4. The number of aryl methyl sites for hydroxylation is 1. The van der Waals surface area contributed by atoms with Crippen LogP contribution in [0.3, 0.4) is 0 Å². The highest BCUT2D eigenvalue weighted by Crippen LogP contribution is 2.43. The van der Waals surface area contributed by atoms with E-state index in [-0.39, 0.29) is 100.0 Å². The molecule has 0 spiro atoms. The van der Waals surface area contributed by atoms with Crippen molar-refractivity contribution in [2.24, 2.45) is 5.92 Å². The number of nitrogens with one attached hydrogen (secondary N) is 4. The number of hydrogen-bond donors (Lipinski definition) is 4. The number of nitrogens with zero attached hydrogens (tertiary/aromatic N) is 12. The number of rotatable bonds is 12. The average Bonchev–Trinajstić information content (AvgIpc) is 1.72. The van der Waals surface area contributed by atoms with E-state index in [9.17, 15) is 42.7 Å². The molecule has 4 N–H and O–H groups in total. The molecular weight excluding hydrogens is 1500 g/mol. The van der Waals surface area contributed by atoms with E-state index < -0.39 is 5.54 Å². The first-order chi connectivity index (χ1) is 55.0. The van der Waals surface area contributed by atoms with Gasteiger partial charge in [-0.25, -0.2) is 29.1 Å². The van der Waals surface area contributed by atoms with Crippen LogP contribution in [-0.2, 0) is 61.4 Å². The lowest BCUT2D eigenvalue weighted by Gasteiger charge is -2.33. The van der Waals surface area contributed by atoms with Crippen molar-refractivity contribution < 1.29 is 47.5 Å². The third kappa shape index (κ3) is 17.1. The third-order valence-corrected chi connectivity index (χ3v) is 25.5. The van der Waals surface area contributed by atoms with Crippen LogP contribution < -0.4 is 21.3 Å². The second-order valence-corrected chi connectivity index (χ2v) is 34.9. The van der Waals surface area contributed by atoms with Crippen molar-refractivity contribution >= 4 is 93.9 Å². The fourth-order valence-corrected chi connectivity index (χ4v) is 18.3. The summed E-state index contributed by atoms with van der Waals surface area (Å²) in [5, 5.41) is 15.2. The van der Waals surface area contributed by atoms with Crippen LogP contribution in [0.2, 0.25) is 10.0 Å². The quantitative estimate of drug-likeness (QED) is 0.0885. The van der Waals surface area contributed by atoms with E-state index in [1.54, 1.807) is 57.5 Å². The minimum atomic E-state index is -0.470. The van der Waals surface area contributed by atoms with E-state index >= 15 is 0 Å². The minimum absolute atomic E-state index is 0.00388. The summed E-state index contributed by atoms with van der Waals surface area (Å²) in [4.78, 5) is 132. The van der Waals surface area contributed by atoms with E-state index in [2.05, 4.69) is 75.0 Å². The van der Waals surface area contributed by atoms with Gasteiger partial charge < -0.3 is 60.3 Å². The predicted molar refractivity (Wildman–Crippen MR) is 436 cm³/mol. The molecule has 115 heavy (non-hydrogen) atoms. The lowest BCUT2D eigenvalue weighted by molar-refractivity contribution is -0.133. The van der Waals surface area contributed by atoms with Crippen molar-refractivity contribution in [2.45, 2.75) is 171 Å². The van der Waals surface area contributed by atoms with Crippen molar-refractivity contribution in [1.29, 1.82) is 0 Å². The highest BCUT2D eigenvalue weighted by atomic mass is 35.5. The molecule has 7 fully saturated rings. The van der Waals surface area contributed by atoms with Gasteiger partial charge in [-0.05, 0) is 192 Å². The summed E-state index contributed by atoms with van der Waals surface area (Å²) >= 11 is 12.4. The molecule has 25 nitrogen and oxygen atoms in total. The lowest BCUT2D eigenvalue weighted by atomic mass is 9.89. The van der Waals surface area contributed by atoms with Gasteiger partial charge in [-0.15, -0.1) is 0 Å². The Morgan fingerprint density at radius 1 is 0.487 bits per heavy atom. The second-order valence-electron chi connectivity index (χ2n) is 34.0. The van der Waals surface area contributed by atoms with Crippen LogP contribution >= 0.6 is 23.2 Å². The van der Waals surface area contributed by atoms with Crippen LogP contribution in [0.1, 0.15) is 180 Å². The van der Waals surface area contributed by atoms with Gasteiger partial charge in [0.1, 0.15) is 35.7 Å². The zero-order valence-electron chi connectivity index (χ0n) is 66.6. The van der Waals surface area contributed by atoms with Gasteiger partial charge in [0.2, 0.25) is 17.7 Å². The van der Waals surface area contributed by atoms with Crippen molar-refractivity contribution in [2.75, 3.05) is 107 Å². The predicted octanol–water partition coefficient (Wildman–Crippen LogP) is 11.8. The number of ether oxygens (including phenoxy) is 1. The van der Waals surface area contributed by atoms with Crippen molar-refractivity contribution in [3.8, 4) is 0 Å². The number of hydrogen-bond acceptors (Lipinski definition) is 17. The Morgan fingerprint density at radius 2 is 0.904 bits per heavy atom. The number of benzene rings is 3. The fraction of sp³-hybridized carbons (Fsp3) is 0.471. The number of fused-ring (bicyclic) bond motifs is 4. The van der Waals surface area contributed by atoms with Crippen LogP contribution in [0.15, 0.2) is 122 Å². The molecule has 7 atom stereocenters. The van der Waals surface area contributed by atoms with Crippen LogP contribution in [0.25, 0.3) is 0 Å². The third-order valence-electron chi connectivity index (χ3n) is 25.0.